The molecule has 1 amide bonds. The van der Waals surface area contributed by atoms with E-state index in [-0.39, 0.29) is 12.4 Å². The number of amides is 1. The van der Waals surface area contributed by atoms with E-state index >= 15 is 0 Å². The smallest absolute Gasteiger partial charge is 0.407 e. The number of hydrogen-bond acceptors (Lipinski definition) is 5. The van der Waals surface area contributed by atoms with Gasteiger partial charge in [-0.25, -0.2) is 4.79 Å². The van der Waals surface area contributed by atoms with Crippen LogP contribution < -0.4 is 5.32 Å². The van der Waals surface area contributed by atoms with Gasteiger partial charge in [-0.05, 0) is 41.0 Å². The van der Waals surface area contributed by atoms with E-state index in [9.17, 15) is 14.4 Å². The molecule has 0 bridgehead atoms. The summed E-state index contributed by atoms with van der Waals surface area (Å²) in [5.41, 5.74) is 0.745. The van der Waals surface area contributed by atoms with Gasteiger partial charge in [0.25, 0.3) is 0 Å². The number of hydrogen-bond donors (Lipinski definition) is 1. The van der Waals surface area contributed by atoms with Gasteiger partial charge < -0.3 is 14.8 Å². The molecule has 1 rings (SSSR count). The summed E-state index contributed by atoms with van der Waals surface area (Å²) in [5.74, 6) is -2.12. The number of carbonyl (C=O) groups is 3. The van der Waals surface area contributed by atoms with Crippen LogP contribution in [0.25, 0.3) is 0 Å². The van der Waals surface area contributed by atoms with Gasteiger partial charge in [-0.3, -0.25) is 9.59 Å². The number of nitrogens with one attached hydrogen (secondary N) is 1. The second-order valence-corrected chi connectivity index (χ2v) is 7.85. The molecule has 1 aromatic rings. The lowest BCUT2D eigenvalue weighted by Gasteiger charge is -2.27. The first-order valence-electron chi connectivity index (χ1n) is 9.86. The van der Waals surface area contributed by atoms with E-state index in [1.165, 1.54) is 0 Å². The Morgan fingerprint density at radius 3 is 2.18 bits per heavy atom. The third-order valence-electron chi connectivity index (χ3n) is 4.13. The molecular weight excluding hydrogens is 358 g/mol. The first-order valence-corrected chi connectivity index (χ1v) is 9.86. The van der Waals surface area contributed by atoms with Crippen molar-refractivity contribution < 1.29 is 23.9 Å². The molecule has 0 aromatic heterocycles. The van der Waals surface area contributed by atoms with Gasteiger partial charge in [0.05, 0.1) is 12.6 Å². The zero-order chi connectivity index (χ0) is 21.3. The van der Waals surface area contributed by atoms with E-state index in [1.807, 2.05) is 26.0 Å². The molecule has 0 saturated heterocycles. The molecule has 0 aliphatic carbocycles. The van der Waals surface area contributed by atoms with Crippen LogP contribution in [-0.4, -0.2) is 36.1 Å². The number of carbonyl (C=O) groups excluding carboxylic acids is 3. The summed E-state index contributed by atoms with van der Waals surface area (Å²) in [4.78, 5) is 38.1. The maximum absolute atomic E-state index is 13.2. The molecule has 28 heavy (non-hydrogen) atoms. The third kappa shape index (κ3) is 7.71. The van der Waals surface area contributed by atoms with Crippen LogP contribution in [0.1, 0.15) is 69.8 Å². The van der Waals surface area contributed by atoms with Gasteiger partial charge in [-0.1, -0.05) is 49.6 Å². The first kappa shape index (κ1) is 23.7. The number of rotatable bonds is 9. The fourth-order valence-corrected chi connectivity index (χ4v) is 2.79. The lowest BCUT2D eigenvalue weighted by Crippen LogP contribution is -2.48. The SMILES string of the molecule is CCCC[C@@H](NC(=O)OC(C)(C)C)C(C(=O)OCC)C(=O)c1ccc(C)cc1. The zero-order valence-corrected chi connectivity index (χ0v) is 17.8. The average molecular weight is 392 g/mol. The molecule has 0 radical (unpaired) electrons. The molecule has 1 N–H and O–H groups in total. The fourth-order valence-electron chi connectivity index (χ4n) is 2.79. The van der Waals surface area contributed by atoms with Gasteiger partial charge in [0.2, 0.25) is 0 Å². The van der Waals surface area contributed by atoms with Crippen molar-refractivity contribution in [2.75, 3.05) is 6.61 Å². The minimum absolute atomic E-state index is 0.156. The highest BCUT2D eigenvalue weighted by Gasteiger charge is 2.38. The van der Waals surface area contributed by atoms with Gasteiger partial charge in [0, 0.05) is 5.56 Å². The van der Waals surface area contributed by atoms with Crippen LogP contribution in [0.3, 0.4) is 0 Å². The van der Waals surface area contributed by atoms with Gasteiger partial charge in [-0.15, -0.1) is 0 Å². The standard InChI is InChI=1S/C22H33NO5/c1-7-9-10-17(23-21(26)28-22(4,5)6)18(20(25)27-8-2)19(24)16-13-11-15(3)12-14-16/h11-14,17-18H,7-10H2,1-6H3,(H,23,26)/t17-,18?/m1/s1. The summed E-state index contributed by atoms with van der Waals surface area (Å²) in [6.45, 7) is 11.0. The van der Waals surface area contributed by atoms with E-state index < -0.39 is 29.6 Å². The van der Waals surface area contributed by atoms with E-state index in [2.05, 4.69) is 5.32 Å². The van der Waals surface area contributed by atoms with Crippen molar-refractivity contribution in [2.24, 2.45) is 5.92 Å². The molecule has 6 nitrogen and oxygen atoms in total. The van der Waals surface area contributed by atoms with Crippen molar-refractivity contribution in [3.63, 3.8) is 0 Å². The Labute approximate surface area is 168 Å². The number of Topliss-reactive ketones (excluding diaryl/α,β-unsaturated/α-hetero) is 1. The minimum Gasteiger partial charge on any atom is -0.465 e. The Morgan fingerprint density at radius 2 is 1.68 bits per heavy atom. The maximum atomic E-state index is 13.2. The predicted molar refractivity (Wildman–Crippen MR) is 108 cm³/mol. The molecule has 0 spiro atoms. The summed E-state index contributed by atoms with van der Waals surface area (Å²) < 4.78 is 10.5. The quantitative estimate of drug-likeness (QED) is 0.382. The second-order valence-electron chi connectivity index (χ2n) is 7.85. The fraction of sp³-hybridized carbons (Fsp3) is 0.591. The minimum atomic E-state index is -1.12. The second kappa shape index (κ2) is 10.8. The van der Waals surface area contributed by atoms with E-state index in [1.54, 1.807) is 39.8 Å². The summed E-state index contributed by atoms with van der Waals surface area (Å²) >= 11 is 0. The maximum Gasteiger partial charge on any atom is 0.407 e. The molecule has 0 aliphatic rings. The van der Waals surface area contributed by atoms with Crippen LogP contribution >= 0.6 is 0 Å². The molecule has 1 unspecified atom stereocenters. The normalized spacial score (nSPS) is 13.4. The Hall–Kier alpha value is -2.37. The van der Waals surface area contributed by atoms with Crippen LogP contribution in [0.4, 0.5) is 4.79 Å². The van der Waals surface area contributed by atoms with Crippen LogP contribution in [0.2, 0.25) is 0 Å². The summed E-state index contributed by atoms with van der Waals surface area (Å²) in [5, 5.41) is 2.73. The van der Waals surface area contributed by atoms with Gasteiger partial charge in [-0.2, -0.15) is 0 Å². The summed E-state index contributed by atoms with van der Waals surface area (Å²) in [7, 11) is 0. The van der Waals surface area contributed by atoms with Gasteiger partial charge >= 0.3 is 12.1 Å². The Bertz CT molecular complexity index is 660. The van der Waals surface area contributed by atoms with Crippen molar-refractivity contribution in [3.05, 3.63) is 35.4 Å². The lowest BCUT2D eigenvalue weighted by atomic mass is 9.87. The molecule has 6 heteroatoms. The van der Waals surface area contributed by atoms with Crippen molar-refractivity contribution >= 4 is 17.8 Å². The largest absolute Gasteiger partial charge is 0.465 e. The third-order valence-corrected chi connectivity index (χ3v) is 4.13. The first-order chi connectivity index (χ1) is 13.1. The average Bonchev–Trinajstić information content (AvgIpc) is 2.58. The zero-order valence-electron chi connectivity index (χ0n) is 17.8. The molecule has 0 fully saturated rings. The molecule has 1 aromatic carbocycles. The predicted octanol–water partition coefficient (Wildman–Crippen LogP) is 4.44. The van der Waals surface area contributed by atoms with Crippen molar-refractivity contribution in [2.45, 2.75) is 72.4 Å². The summed E-state index contributed by atoms with van der Waals surface area (Å²) in [6.07, 6.45) is 1.43. The summed E-state index contributed by atoms with van der Waals surface area (Å²) in [6, 6.07) is 6.31. The number of unbranched alkanes of at least 4 members (excludes halogenated alkanes) is 1. The van der Waals surface area contributed by atoms with Crippen LogP contribution in [0.15, 0.2) is 24.3 Å². The number of benzene rings is 1. The molecule has 0 heterocycles. The highest BCUT2D eigenvalue weighted by molar-refractivity contribution is 6.09. The number of ketones is 1. The molecule has 2 atom stereocenters. The lowest BCUT2D eigenvalue weighted by molar-refractivity contribution is -0.147. The van der Waals surface area contributed by atoms with E-state index in [0.717, 1.165) is 18.4 Å². The highest BCUT2D eigenvalue weighted by atomic mass is 16.6. The topological polar surface area (TPSA) is 81.7 Å². The van der Waals surface area contributed by atoms with Crippen LogP contribution in [-0.2, 0) is 14.3 Å². The Kier molecular flexibility index (Phi) is 9.16. The molecule has 0 aliphatic heterocycles. The molecule has 0 saturated carbocycles. The Morgan fingerprint density at radius 1 is 1.07 bits per heavy atom. The van der Waals surface area contributed by atoms with E-state index in [4.69, 9.17) is 9.47 Å². The number of alkyl carbamates (subject to hydrolysis) is 1. The van der Waals surface area contributed by atoms with Crippen molar-refractivity contribution in [3.8, 4) is 0 Å². The highest BCUT2D eigenvalue weighted by Crippen LogP contribution is 2.20. The molecule has 156 valence electrons. The molecular formula is C22H33NO5. The Balaban J connectivity index is 3.18. The van der Waals surface area contributed by atoms with Gasteiger partial charge in [0.15, 0.2) is 5.78 Å². The van der Waals surface area contributed by atoms with Crippen molar-refractivity contribution in [1.29, 1.82) is 0 Å². The van der Waals surface area contributed by atoms with Gasteiger partial charge in [0.1, 0.15) is 11.5 Å². The van der Waals surface area contributed by atoms with E-state index in [0.29, 0.717) is 12.0 Å². The number of ether oxygens (including phenoxy) is 2. The number of aryl methyl sites for hydroxylation is 1. The monoisotopic (exact) mass is 391 g/mol. The van der Waals surface area contributed by atoms with Crippen molar-refractivity contribution in [1.82, 2.24) is 5.32 Å². The van der Waals surface area contributed by atoms with Crippen LogP contribution in [0.5, 0.6) is 0 Å². The number of esters is 1. The van der Waals surface area contributed by atoms with Crippen LogP contribution in [0, 0.1) is 12.8 Å².